The van der Waals surface area contributed by atoms with Gasteiger partial charge >= 0.3 is 6.18 Å². The fourth-order valence-electron chi connectivity index (χ4n) is 3.03. The number of hydrogen-bond donors (Lipinski definition) is 1. The summed E-state index contributed by atoms with van der Waals surface area (Å²) in [7, 11) is 0. The predicted octanol–water partition coefficient (Wildman–Crippen LogP) is 3.02. The second-order valence-electron chi connectivity index (χ2n) is 6.59. The van der Waals surface area contributed by atoms with Crippen LogP contribution in [0.25, 0.3) is 5.69 Å². The number of hydrogen-bond acceptors (Lipinski definition) is 5. The molecule has 28 heavy (non-hydrogen) atoms. The highest BCUT2D eigenvalue weighted by molar-refractivity contribution is 7.99. The van der Waals surface area contributed by atoms with Gasteiger partial charge in [-0.3, -0.25) is 14.3 Å². The predicted molar refractivity (Wildman–Crippen MR) is 100 cm³/mol. The van der Waals surface area contributed by atoms with E-state index in [1.807, 2.05) is 40.2 Å². The lowest BCUT2D eigenvalue weighted by molar-refractivity contribution is -0.136. The van der Waals surface area contributed by atoms with E-state index in [0.717, 1.165) is 49.2 Å². The molecule has 1 amide bonds. The summed E-state index contributed by atoms with van der Waals surface area (Å²) in [4.78, 5) is 14.1. The van der Waals surface area contributed by atoms with Gasteiger partial charge in [0, 0.05) is 5.69 Å². The zero-order valence-corrected chi connectivity index (χ0v) is 16.1. The molecule has 1 fully saturated rings. The first-order valence-corrected chi connectivity index (χ1v) is 10.1. The van der Waals surface area contributed by atoms with Crippen LogP contribution in [-0.2, 0) is 11.3 Å². The number of nitrogens with zero attached hydrogens (tertiary/aromatic N) is 4. The van der Waals surface area contributed by atoms with Crippen LogP contribution in [0.4, 0.5) is 13.2 Å². The minimum Gasteiger partial charge on any atom is -0.346 e. The maximum atomic E-state index is 12.2. The Balaban J connectivity index is 1.72. The van der Waals surface area contributed by atoms with Crippen molar-refractivity contribution in [2.24, 2.45) is 0 Å². The van der Waals surface area contributed by atoms with E-state index in [9.17, 15) is 18.0 Å². The SMILES string of the molecule is O=C(CSc1nnc(CN2CCCCC2)n1-c1ccccc1)NCC(F)(F)F. The number of carbonyl (C=O) groups is 1. The monoisotopic (exact) mass is 413 g/mol. The third-order valence-corrected chi connectivity index (χ3v) is 5.28. The zero-order valence-electron chi connectivity index (χ0n) is 15.3. The van der Waals surface area contributed by atoms with Gasteiger partial charge in [-0.05, 0) is 38.1 Å². The molecule has 3 rings (SSSR count). The summed E-state index contributed by atoms with van der Waals surface area (Å²) < 4.78 is 38.6. The van der Waals surface area contributed by atoms with Gasteiger partial charge in [-0.15, -0.1) is 10.2 Å². The summed E-state index contributed by atoms with van der Waals surface area (Å²) in [6.45, 7) is 1.31. The van der Waals surface area contributed by atoms with E-state index in [-0.39, 0.29) is 5.75 Å². The highest BCUT2D eigenvalue weighted by atomic mass is 32.2. The number of piperidine rings is 1. The molecule has 6 nitrogen and oxygen atoms in total. The normalized spacial score (nSPS) is 15.5. The molecule has 0 unspecified atom stereocenters. The Morgan fingerprint density at radius 1 is 1.11 bits per heavy atom. The lowest BCUT2D eigenvalue weighted by Crippen LogP contribution is -2.34. The number of thioether (sulfide) groups is 1. The van der Waals surface area contributed by atoms with E-state index >= 15 is 0 Å². The molecule has 1 saturated heterocycles. The number of amides is 1. The Morgan fingerprint density at radius 3 is 2.50 bits per heavy atom. The van der Waals surface area contributed by atoms with Crippen LogP contribution in [0, 0.1) is 0 Å². The maximum absolute atomic E-state index is 12.2. The number of benzene rings is 1. The van der Waals surface area contributed by atoms with Crippen molar-refractivity contribution in [3.63, 3.8) is 0 Å². The number of likely N-dealkylation sites (tertiary alicyclic amines) is 1. The van der Waals surface area contributed by atoms with Crippen LogP contribution in [0.3, 0.4) is 0 Å². The van der Waals surface area contributed by atoms with Crippen molar-refractivity contribution in [2.75, 3.05) is 25.4 Å². The number of halogens is 3. The number of carbonyl (C=O) groups excluding carboxylic acids is 1. The van der Waals surface area contributed by atoms with Gasteiger partial charge in [0.15, 0.2) is 11.0 Å². The Bertz CT molecular complexity index is 775. The molecule has 0 bridgehead atoms. The molecule has 0 aliphatic carbocycles. The second kappa shape index (κ2) is 9.42. The van der Waals surface area contributed by atoms with Crippen molar-refractivity contribution in [3.8, 4) is 5.69 Å². The summed E-state index contributed by atoms with van der Waals surface area (Å²) in [5, 5.41) is 10.8. The largest absolute Gasteiger partial charge is 0.405 e. The molecule has 1 aliphatic heterocycles. The van der Waals surface area contributed by atoms with Gasteiger partial charge in [0.05, 0.1) is 12.3 Å². The Labute approximate surface area is 165 Å². The van der Waals surface area contributed by atoms with Crippen LogP contribution in [0.2, 0.25) is 0 Å². The van der Waals surface area contributed by atoms with Gasteiger partial charge in [-0.1, -0.05) is 36.4 Å². The Kier molecular flexibility index (Phi) is 6.95. The molecule has 2 heterocycles. The Morgan fingerprint density at radius 2 is 1.82 bits per heavy atom. The second-order valence-corrected chi connectivity index (χ2v) is 7.53. The fourth-order valence-corrected chi connectivity index (χ4v) is 3.83. The van der Waals surface area contributed by atoms with E-state index in [0.29, 0.717) is 11.7 Å². The molecule has 1 aliphatic rings. The van der Waals surface area contributed by atoms with Gasteiger partial charge in [-0.25, -0.2) is 0 Å². The summed E-state index contributed by atoms with van der Waals surface area (Å²) in [6, 6.07) is 9.51. The van der Waals surface area contributed by atoms with Gasteiger partial charge in [0.25, 0.3) is 0 Å². The van der Waals surface area contributed by atoms with Crippen molar-refractivity contribution >= 4 is 17.7 Å². The van der Waals surface area contributed by atoms with Crippen LogP contribution in [0.1, 0.15) is 25.1 Å². The van der Waals surface area contributed by atoms with E-state index in [1.54, 1.807) is 0 Å². The van der Waals surface area contributed by atoms with E-state index < -0.39 is 18.6 Å². The van der Waals surface area contributed by atoms with Crippen molar-refractivity contribution in [1.82, 2.24) is 25.0 Å². The maximum Gasteiger partial charge on any atom is 0.405 e. The first-order chi connectivity index (χ1) is 13.4. The average Bonchev–Trinajstić information content (AvgIpc) is 3.08. The third kappa shape index (κ3) is 5.96. The minimum atomic E-state index is -4.42. The van der Waals surface area contributed by atoms with Crippen LogP contribution in [0.5, 0.6) is 0 Å². The molecule has 0 saturated carbocycles. The topological polar surface area (TPSA) is 63.1 Å². The molecule has 0 spiro atoms. The molecule has 1 N–H and O–H groups in total. The first kappa shape index (κ1) is 20.7. The molecular weight excluding hydrogens is 391 g/mol. The standard InChI is InChI=1S/C18H22F3N5OS/c19-18(20,21)13-22-16(27)12-28-17-24-23-15(11-25-9-5-2-6-10-25)26(17)14-7-3-1-4-8-14/h1,3-4,7-8H,2,5-6,9-13H2,(H,22,27). The van der Waals surface area contributed by atoms with Crippen LogP contribution in [0.15, 0.2) is 35.5 Å². The van der Waals surface area contributed by atoms with Gasteiger partial charge < -0.3 is 5.32 Å². The zero-order chi connectivity index (χ0) is 20.0. The molecule has 1 aromatic carbocycles. The highest BCUT2D eigenvalue weighted by Gasteiger charge is 2.28. The van der Waals surface area contributed by atoms with E-state index in [4.69, 9.17) is 0 Å². The van der Waals surface area contributed by atoms with Gasteiger partial charge in [-0.2, -0.15) is 13.2 Å². The molecule has 0 radical (unpaired) electrons. The number of nitrogens with one attached hydrogen (secondary N) is 1. The molecule has 152 valence electrons. The van der Waals surface area contributed by atoms with Crippen molar-refractivity contribution in [2.45, 2.75) is 37.1 Å². The number of alkyl halides is 3. The van der Waals surface area contributed by atoms with Crippen LogP contribution < -0.4 is 5.32 Å². The van der Waals surface area contributed by atoms with Gasteiger partial charge in [0.2, 0.25) is 5.91 Å². The Hall–Kier alpha value is -2.07. The summed E-state index contributed by atoms with van der Waals surface area (Å²) in [5.41, 5.74) is 0.859. The van der Waals surface area contributed by atoms with Crippen LogP contribution >= 0.6 is 11.8 Å². The number of para-hydroxylation sites is 1. The molecule has 2 aromatic rings. The average molecular weight is 413 g/mol. The lowest BCUT2D eigenvalue weighted by atomic mass is 10.1. The van der Waals surface area contributed by atoms with E-state index in [1.165, 1.54) is 6.42 Å². The quantitative estimate of drug-likeness (QED) is 0.707. The van der Waals surface area contributed by atoms with Crippen molar-refractivity contribution < 1.29 is 18.0 Å². The molecule has 0 atom stereocenters. The highest BCUT2D eigenvalue weighted by Crippen LogP contribution is 2.23. The fraction of sp³-hybridized carbons (Fsp3) is 0.500. The molecule has 1 aromatic heterocycles. The van der Waals surface area contributed by atoms with Gasteiger partial charge in [0.1, 0.15) is 6.54 Å². The lowest BCUT2D eigenvalue weighted by Gasteiger charge is -2.26. The minimum absolute atomic E-state index is 0.162. The van der Waals surface area contributed by atoms with E-state index in [2.05, 4.69) is 15.1 Å². The van der Waals surface area contributed by atoms with Crippen LogP contribution in [-0.4, -0.2) is 57.1 Å². The first-order valence-electron chi connectivity index (χ1n) is 9.11. The molecule has 10 heteroatoms. The van der Waals surface area contributed by atoms with Crippen molar-refractivity contribution in [3.05, 3.63) is 36.2 Å². The molecular formula is C18H22F3N5OS. The third-order valence-electron chi connectivity index (χ3n) is 4.35. The summed E-state index contributed by atoms with van der Waals surface area (Å²) >= 11 is 1.07. The number of rotatable bonds is 7. The summed E-state index contributed by atoms with van der Waals surface area (Å²) in [6.07, 6.45) is -0.886. The number of aromatic nitrogens is 3. The van der Waals surface area contributed by atoms with Crippen molar-refractivity contribution in [1.29, 1.82) is 0 Å². The smallest absolute Gasteiger partial charge is 0.346 e. The summed E-state index contributed by atoms with van der Waals surface area (Å²) in [5.74, 6) is -0.0982.